The molecule has 1 N–H and O–H groups in total. The molecule has 1 heterocycles. The smallest absolute Gasteiger partial charge is 0.264 e. The lowest BCUT2D eigenvalue weighted by molar-refractivity contribution is 0.208. The van der Waals surface area contributed by atoms with Crippen molar-refractivity contribution in [3.05, 3.63) is 53.7 Å². The Morgan fingerprint density at radius 2 is 1.84 bits per heavy atom. The molecule has 0 saturated carbocycles. The molecule has 0 aliphatic carbocycles. The van der Waals surface area contributed by atoms with Crippen molar-refractivity contribution in [3.8, 4) is 0 Å². The van der Waals surface area contributed by atoms with Crippen LogP contribution in [-0.4, -0.2) is 38.9 Å². The Bertz CT molecular complexity index is 978. The zero-order valence-corrected chi connectivity index (χ0v) is 15.3. The third-order valence-corrected chi connectivity index (χ3v) is 5.88. The first-order valence-electron chi connectivity index (χ1n) is 7.95. The van der Waals surface area contributed by atoms with Crippen molar-refractivity contribution < 1.29 is 13.2 Å². The van der Waals surface area contributed by atoms with Crippen LogP contribution in [-0.2, 0) is 14.8 Å². The summed E-state index contributed by atoms with van der Waals surface area (Å²) in [5, 5.41) is 7.83. The summed E-state index contributed by atoms with van der Waals surface area (Å²) in [5.41, 5.74) is 3.24. The molecule has 25 heavy (non-hydrogen) atoms. The maximum atomic E-state index is 13.3. The van der Waals surface area contributed by atoms with Gasteiger partial charge in [0.15, 0.2) is 0 Å². The molecule has 7 heteroatoms. The standard InChI is InChI=1S/C18H21N3O3S/c1-13-4-6-16(7-5-13)25(22,23)21(8-9-24-3)17-11-14(2)10-15-12-19-20-18(15)17/h4-7,10-12H,8-9H2,1-3H3,(H,19,20). The van der Waals surface area contributed by atoms with E-state index in [1.807, 2.05) is 26.0 Å². The van der Waals surface area contributed by atoms with Crippen molar-refractivity contribution in [1.29, 1.82) is 0 Å². The minimum absolute atomic E-state index is 0.213. The second-order valence-corrected chi connectivity index (χ2v) is 7.86. The van der Waals surface area contributed by atoms with Gasteiger partial charge in [0.2, 0.25) is 0 Å². The molecule has 0 amide bonds. The predicted molar refractivity (Wildman–Crippen MR) is 98.4 cm³/mol. The second-order valence-electron chi connectivity index (χ2n) is 6.00. The Hall–Kier alpha value is -2.38. The third-order valence-electron chi connectivity index (χ3n) is 4.05. The Labute approximate surface area is 147 Å². The van der Waals surface area contributed by atoms with Gasteiger partial charge in [-0.25, -0.2) is 8.42 Å². The van der Waals surface area contributed by atoms with Gasteiger partial charge in [-0.05, 0) is 43.7 Å². The van der Waals surface area contributed by atoms with Gasteiger partial charge in [-0.1, -0.05) is 17.7 Å². The minimum Gasteiger partial charge on any atom is -0.383 e. The number of rotatable bonds is 6. The number of methoxy groups -OCH3 is 1. The average Bonchev–Trinajstić information content (AvgIpc) is 3.03. The normalized spacial score (nSPS) is 11.8. The molecule has 0 aliphatic rings. The highest BCUT2D eigenvalue weighted by atomic mass is 32.2. The molecule has 0 spiro atoms. The van der Waals surface area contributed by atoms with E-state index in [0.29, 0.717) is 11.2 Å². The summed E-state index contributed by atoms with van der Waals surface area (Å²) in [6, 6.07) is 10.7. The lowest BCUT2D eigenvalue weighted by atomic mass is 10.1. The number of nitrogens with zero attached hydrogens (tertiary/aromatic N) is 2. The van der Waals surface area contributed by atoms with E-state index in [1.165, 1.54) is 4.31 Å². The van der Waals surface area contributed by atoms with Crippen LogP contribution in [0.25, 0.3) is 10.9 Å². The number of nitrogens with one attached hydrogen (secondary N) is 1. The van der Waals surface area contributed by atoms with Gasteiger partial charge in [-0.2, -0.15) is 5.10 Å². The van der Waals surface area contributed by atoms with Crippen molar-refractivity contribution in [3.63, 3.8) is 0 Å². The number of sulfonamides is 1. The van der Waals surface area contributed by atoms with Crippen LogP contribution in [0.15, 0.2) is 47.5 Å². The molecule has 0 aliphatic heterocycles. The average molecular weight is 359 g/mol. The van der Waals surface area contributed by atoms with Gasteiger partial charge >= 0.3 is 0 Å². The van der Waals surface area contributed by atoms with Crippen LogP contribution in [0.2, 0.25) is 0 Å². The van der Waals surface area contributed by atoms with Crippen molar-refractivity contribution in [2.24, 2.45) is 0 Å². The predicted octanol–water partition coefficient (Wildman–Crippen LogP) is 3.02. The van der Waals surface area contributed by atoms with E-state index >= 15 is 0 Å². The third kappa shape index (κ3) is 3.38. The summed E-state index contributed by atoms with van der Waals surface area (Å²) in [4.78, 5) is 0.253. The Balaban J connectivity index is 2.16. The number of aromatic amines is 1. The zero-order chi connectivity index (χ0) is 18.0. The number of benzene rings is 2. The van der Waals surface area contributed by atoms with E-state index in [1.54, 1.807) is 37.6 Å². The number of ether oxygens (including phenoxy) is 1. The van der Waals surface area contributed by atoms with E-state index < -0.39 is 10.0 Å². The van der Waals surface area contributed by atoms with Crippen LogP contribution < -0.4 is 4.31 Å². The number of aryl methyl sites for hydroxylation is 2. The van der Waals surface area contributed by atoms with Crippen LogP contribution in [0.1, 0.15) is 11.1 Å². The van der Waals surface area contributed by atoms with Gasteiger partial charge in [0, 0.05) is 12.5 Å². The number of H-pyrrole nitrogens is 1. The number of hydrogen-bond donors (Lipinski definition) is 1. The van der Waals surface area contributed by atoms with Crippen molar-refractivity contribution >= 4 is 26.6 Å². The van der Waals surface area contributed by atoms with Gasteiger partial charge < -0.3 is 4.74 Å². The number of anilines is 1. The highest BCUT2D eigenvalue weighted by Crippen LogP contribution is 2.31. The summed E-state index contributed by atoms with van der Waals surface area (Å²) in [5.74, 6) is 0. The number of hydrogen-bond acceptors (Lipinski definition) is 4. The SMILES string of the molecule is COCCN(c1cc(C)cc2cn[nH]c12)S(=O)(=O)c1ccc(C)cc1. The number of aromatic nitrogens is 2. The maximum absolute atomic E-state index is 13.3. The first-order chi connectivity index (χ1) is 11.9. The lowest BCUT2D eigenvalue weighted by Crippen LogP contribution is -2.34. The molecule has 0 atom stereocenters. The van der Waals surface area contributed by atoms with E-state index in [0.717, 1.165) is 16.5 Å². The van der Waals surface area contributed by atoms with Gasteiger partial charge in [-0.15, -0.1) is 0 Å². The molecule has 3 aromatic rings. The topological polar surface area (TPSA) is 75.3 Å². The fraction of sp³-hybridized carbons (Fsp3) is 0.278. The highest BCUT2D eigenvalue weighted by Gasteiger charge is 2.27. The summed E-state index contributed by atoms with van der Waals surface area (Å²) < 4.78 is 33.0. The molecule has 0 radical (unpaired) electrons. The molecule has 132 valence electrons. The van der Waals surface area contributed by atoms with Gasteiger partial charge in [0.05, 0.1) is 35.4 Å². The molecule has 0 fully saturated rings. The van der Waals surface area contributed by atoms with Crippen molar-refractivity contribution in [2.45, 2.75) is 18.7 Å². The zero-order valence-electron chi connectivity index (χ0n) is 14.5. The monoisotopic (exact) mass is 359 g/mol. The van der Waals surface area contributed by atoms with Crippen LogP contribution in [0, 0.1) is 13.8 Å². The number of fused-ring (bicyclic) bond motifs is 1. The first-order valence-corrected chi connectivity index (χ1v) is 9.39. The van der Waals surface area contributed by atoms with Gasteiger partial charge in [0.25, 0.3) is 10.0 Å². The molecule has 3 rings (SSSR count). The van der Waals surface area contributed by atoms with Gasteiger partial charge in [0.1, 0.15) is 0 Å². The Morgan fingerprint density at radius 1 is 1.12 bits per heavy atom. The van der Waals surface area contributed by atoms with E-state index in [9.17, 15) is 8.42 Å². The molecule has 6 nitrogen and oxygen atoms in total. The van der Waals surface area contributed by atoms with E-state index in [4.69, 9.17) is 4.74 Å². The van der Waals surface area contributed by atoms with Crippen LogP contribution >= 0.6 is 0 Å². The van der Waals surface area contributed by atoms with E-state index in [2.05, 4.69) is 10.2 Å². The fourth-order valence-corrected chi connectivity index (χ4v) is 4.22. The quantitative estimate of drug-likeness (QED) is 0.734. The second kappa shape index (κ2) is 6.85. The Morgan fingerprint density at radius 3 is 2.52 bits per heavy atom. The Kier molecular flexibility index (Phi) is 4.78. The van der Waals surface area contributed by atoms with E-state index in [-0.39, 0.29) is 18.0 Å². The minimum atomic E-state index is -3.72. The van der Waals surface area contributed by atoms with Gasteiger partial charge in [-0.3, -0.25) is 9.40 Å². The van der Waals surface area contributed by atoms with Crippen LogP contribution in [0.3, 0.4) is 0 Å². The molecular weight excluding hydrogens is 338 g/mol. The van der Waals surface area contributed by atoms with Crippen molar-refractivity contribution in [2.75, 3.05) is 24.6 Å². The van der Waals surface area contributed by atoms with Crippen molar-refractivity contribution in [1.82, 2.24) is 10.2 Å². The fourth-order valence-electron chi connectivity index (χ4n) is 2.76. The van der Waals surface area contributed by atoms with Crippen LogP contribution in [0.5, 0.6) is 0 Å². The van der Waals surface area contributed by atoms with Crippen LogP contribution in [0.4, 0.5) is 5.69 Å². The molecule has 0 saturated heterocycles. The highest BCUT2D eigenvalue weighted by molar-refractivity contribution is 7.92. The molecule has 1 aromatic heterocycles. The lowest BCUT2D eigenvalue weighted by Gasteiger charge is -2.25. The summed E-state index contributed by atoms with van der Waals surface area (Å²) in [6.07, 6.45) is 1.69. The largest absolute Gasteiger partial charge is 0.383 e. The molecule has 2 aromatic carbocycles. The summed E-state index contributed by atoms with van der Waals surface area (Å²) in [6.45, 7) is 4.36. The first kappa shape index (κ1) is 17.4. The molecule has 0 bridgehead atoms. The summed E-state index contributed by atoms with van der Waals surface area (Å²) >= 11 is 0. The molecular formula is C18H21N3O3S. The maximum Gasteiger partial charge on any atom is 0.264 e. The summed E-state index contributed by atoms with van der Waals surface area (Å²) in [7, 11) is -2.17. The molecule has 0 unspecified atom stereocenters.